The molecule has 6 N–H and O–H groups in total. The molecule has 0 aliphatic heterocycles. The summed E-state index contributed by atoms with van der Waals surface area (Å²) in [6, 6.07) is 6.89. The Labute approximate surface area is 201 Å². The Morgan fingerprint density at radius 2 is 1.86 bits per heavy atom. The van der Waals surface area contributed by atoms with Gasteiger partial charge in [0.15, 0.2) is 5.82 Å². The molecule has 2 amide bonds. The number of carbonyl (C=O) groups excluding carboxylic acids is 1. The molecule has 13 heteroatoms. The number of carbonyl (C=O) groups is 1. The van der Waals surface area contributed by atoms with Gasteiger partial charge >= 0.3 is 12.2 Å². The summed E-state index contributed by atoms with van der Waals surface area (Å²) in [6.07, 6.45) is -4.46. The quantitative estimate of drug-likeness (QED) is 0.257. The number of aliphatic hydroxyl groups excluding tert-OH is 2. The SMILES string of the molecule is CC(O)c1c(CO)c(-c2ccc(NC(=O)Nc3cc(C(F)(F)F)ccc3F)cc2)c2c(N)ncnn12. The molecule has 0 fully saturated rings. The number of hydrogen-bond donors (Lipinski definition) is 5. The Bertz CT molecular complexity index is 1430. The van der Waals surface area contributed by atoms with Gasteiger partial charge in [0, 0.05) is 16.8 Å². The number of benzene rings is 2. The maximum absolute atomic E-state index is 13.9. The molecule has 4 rings (SSSR count). The highest BCUT2D eigenvalue weighted by atomic mass is 19.4. The summed E-state index contributed by atoms with van der Waals surface area (Å²) in [7, 11) is 0. The van der Waals surface area contributed by atoms with Crippen LogP contribution in [0.15, 0.2) is 48.8 Å². The van der Waals surface area contributed by atoms with Crippen molar-refractivity contribution in [1.82, 2.24) is 14.6 Å². The number of rotatable bonds is 5. The van der Waals surface area contributed by atoms with Crippen molar-refractivity contribution in [3.63, 3.8) is 0 Å². The standard InChI is InChI=1S/C23H20F4N6O3/c1-11(35)19-15(9-34)18(20-21(28)29-10-30-33(19)20)12-2-5-14(6-3-12)31-22(36)32-17-8-13(23(25,26)27)4-7-16(17)24/h2-8,10-11,34-35H,9H2,1H3,(H2,28,29,30)(H2,31,32,36). The predicted molar refractivity (Wildman–Crippen MR) is 123 cm³/mol. The zero-order chi connectivity index (χ0) is 26.2. The lowest BCUT2D eigenvalue weighted by Crippen LogP contribution is -2.20. The number of aromatic nitrogens is 3. The molecule has 0 bridgehead atoms. The molecule has 1 atom stereocenters. The van der Waals surface area contributed by atoms with E-state index in [1.54, 1.807) is 12.1 Å². The summed E-state index contributed by atoms with van der Waals surface area (Å²) in [5.74, 6) is -0.911. The number of urea groups is 1. The van der Waals surface area contributed by atoms with Crippen molar-refractivity contribution in [1.29, 1.82) is 0 Å². The van der Waals surface area contributed by atoms with Gasteiger partial charge in [0.05, 0.1) is 29.7 Å². The lowest BCUT2D eigenvalue weighted by atomic mass is 10.00. The number of fused-ring (bicyclic) bond motifs is 1. The fraction of sp³-hybridized carbons (Fsp3) is 0.174. The summed E-state index contributed by atoms with van der Waals surface area (Å²) in [5.41, 5.74) is 6.68. The van der Waals surface area contributed by atoms with E-state index >= 15 is 0 Å². The number of anilines is 3. The van der Waals surface area contributed by atoms with Crippen molar-refractivity contribution in [2.45, 2.75) is 25.8 Å². The number of nitrogens with two attached hydrogens (primary N) is 1. The molecule has 0 aliphatic carbocycles. The number of aliphatic hydroxyl groups is 2. The highest BCUT2D eigenvalue weighted by molar-refractivity contribution is 6.00. The van der Waals surface area contributed by atoms with E-state index in [9.17, 15) is 32.6 Å². The molecule has 0 saturated heterocycles. The number of nitrogens with zero attached hydrogens (tertiary/aromatic N) is 3. The van der Waals surface area contributed by atoms with Crippen LogP contribution in [0.5, 0.6) is 0 Å². The Morgan fingerprint density at radius 3 is 2.47 bits per heavy atom. The molecule has 188 valence electrons. The molecule has 0 aliphatic rings. The molecule has 0 spiro atoms. The third-order valence-electron chi connectivity index (χ3n) is 5.42. The number of amides is 2. The first-order valence-electron chi connectivity index (χ1n) is 10.5. The number of nitrogen functional groups attached to an aromatic ring is 1. The second-order valence-corrected chi connectivity index (χ2v) is 7.83. The second-order valence-electron chi connectivity index (χ2n) is 7.83. The summed E-state index contributed by atoms with van der Waals surface area (Å²) in [6.45, 7) is 1.09. The van der Waals surface area contributed by atoms with E-state index < -0.39 is 42.0 Å². The number of alkyl halides is 3. The zero-order valence-corrected chi connectivity index (χ0v) is 18.6. The third kappa shape index (κ3) is 4.65. The van der Waals surface area contributed by atoms with Crippen molar-refractivity contribution >= 4 is 28.7 Å². The van der Waals surface area contributed by atoms with E-state index in [-0.39, 0.29) is 11.5 Å². The normalized spacial score (nSPS) is 12.5. The van der Waals surface area contributed by atoms with E-state index in [0.717, 1.165) is 0 Å². The number of halogens is 4. The van der Waals surface area contributed by atoms with Gasteiger partial charge in [0.25, 0.3) is 0 Å². The van der Waals surface area contributed by atoms with Gasteiger partial charge < -0.3 is 26.6 Å². The van der Waals surface area contributed by atoms with Gasteiger partial charge in [-0.2, -0.15) is 18.3 Å². The summed E-state index contributed by atoms with van der Waals surface area (Å²) >= 11 is 0. The molecular formula is C23H20F4N6O3. The van der Waals surface area contributed by atoms with Crippen LogP contribution < -0.4 is 16.4 Å². The van der Waals surface area contributed by atoms with E-state index in [0.29, 0.717) is 46.1 Å². The van der Waals surface area contributed by atoms with Gasteiger partial charge in [-0.1, -0.05) is 12.1 Å². The molecule has 36 heavy (non-hydrogen) atoms. The Morgan fingerprint density at radius 1 is 1.17 bits per heavy atom. The van der Waals surface area contributed by atoms with Crippen LogP contribution >= 0.6 is 0 Å². The molecule has 0 saturated carbocycles. The summed E-state index contributed by atoms with van der Waals surface area (Å²) in [5, 5.41) is 28.9. The zero-order valence-electron chi connectivity index (χ0n) is 18.6. The third-order valence-corrected chi connectivity index (χ3v) is 5.42. The van der Waals surface area contributed by atoms with Crippen molar-refractivity contribution in [3.8, 4) is 11.1 Å². The second kappa shape index (κ2) is 9.43. The molecule has 0 radical (unpaired) electrons. The lowest BCUT2D eigenvalue weighted by Gasteiger charge is -2.12. The van der Waals surface area contributed by atoms with Crippen molar-refractivity contribution < 1.29 is 32.6 Å². The first kappa shape index (κ1) is 24.9. The smallest absolute Gasteiger partial charge is 0.392 e. The van der Waals surface area contributed by atoms with Crippen LogP contribution in [-0.2, 0) is 12.8 Å². The van der Waals surface area contributed by atoms with Crippen molar-refractivity contribution in [2.24, 2.45) is 0 Å². The van der Waals surface area contributed by atoms with Crippen LogP contribution in [0.4, 0.5) is 39.5 Å². The van der Waals surface area contributed by atoms with Gasteiger partial charge in [-0.05, 0) is 42.8 Å². The fourth-order valence-corrected chi connectivity index (χ4v) is 3.88. The minimum Gasteiger partial charge on any atom is -0.392 e. The number of nitrogens with one attached hydrogen (secondary N) is 2. The van der Waals surface area contributed by atoms with Gasteiger partial charge in [-0.25, -0.2) is 18.7 Å². The maximum atomic E-state index is 13.9. The van der Waals surface area contributed by atoms with Crippen LogP contribution in [-0.4, -0.2) is 30.8 Å². The predicted octanol–water partition coefficient (Wildman–Crippen LogP) is 4.33. The van der Waals surface area contributed by atoms with Crippen LogP contribution in [0, 0.1) is 5.82 Å². The summed E-state index contributed by atoms with van der Waals surface area (Å²) < 4.78 is 54.0. The van der Waals surface area contributed by atoms with E-state index in [2.05, 4.69) is 20.7 Å². The molecule has 2 heterocycles. The minimum atomic E-state index is -4.70. The van der Waals surface area contributed by atoms with Crippen molar-refractivity contribution in [3.05, 3.63) is 71.4 Å². The van der Waals surface area contributed by atoms with E-state index in [1.807, 2.05) is 0 Å². The van der Waals surface area contributed by atoms with Crippen LogP contribution in [0.25, 0.3) is 16.6 Å². The van der Waals surface area contributed by atoms with Crippen molar-refractivity contribution in [2.75, 3.05) is 16.4 Å². The molecule has 2 aromatic heterocycles. The Hall–Kier alpha value is -4.23. The van der Waals surface area contributed by atoms with Gasteiger partial charge in [0.1, 0.15) is 17.7 Å². The van der Waals surface area contributed by atoms with Crippen LogP contribution in [0.2, 0.25) is 0 Å². The molecular weight excluding hydrogens is 484 g/mol. The van der Waals surface area contributed by atoms with Crippen LogP contribution in [0.1, 0.15) is 29.8 Å². The fourth-order valence-electron chi connectivity index (χ4n) is 3.88. The highest BCUT2D eigenvalue weighted by Gasteiger charge is 2.31. The highest BCUT2D eigenvalue weighted by Crippen LogP contribution is 2.38. The number of hydrogen-bond acceptors (Lipinski definition) is 6. The van der Waals surface area contributed by atoms with Gasteiger partial charge in [-0.3, -0.25) is 0 Å². The first-order valence-corrected chi connectivity index (χ1v) is 10.5. The monoisotopic (exact) mass is 504 g/mol. The van der Waals surface area contributed by atoms with Gasteiger partial charge in [-0.15, -0.1) is 0 Å². The average Bonchev–Trinajstić information content (AvgIpc) is 3.16. The molecule has 1 unspecified atom stereocenters. The van der Waals surface area contributed by atoms with Crippen LogP contribution in [0.3, 0.4) is 0 Å². The van der Waals surface area contributed by atoms with E-state index in [4.69, 9.17) is 5.73 Å². The summed E-state index contributed by atoms with van der Waals surface area (Å²) in [4.78, 5) is 16.3. The minimum absolute atomic E-state index is 0.117. The maximum Gasteiger partial charge on any atom is 0.416 e. The molecule has 4 aromatic rings. The Kier molecular flexibility index (Phi) is 6.52. The van der Waals surface area contributed by atoms with Gasteiger partial charge in [0.2, 0.25) is 0 Å². The molecule has 2 aromatic carbocycles. The Balaban J connectivity index is 1.62. The average molecular weight is 504 g/mol. The lowest BCUT2D eigenvalue weighted by molar-refractivity contribution is -0.137. The molecule has 9 nitrogen and oxygen atoms in total. The topological polar surface area (TPSA) is 138 Å². The first-order chi connectivity index (χ1) is 17.0. The van der Waals surface area contributed by atoms with E-state index in [1.165, 1.54) is 29.9 Å². The largest absolute Gasteiger partial charge is 0.416 e.